The van der Waals surface area contributed by atoms with Crippen LogP contribution in [0.2, 0.25) is 0 Å². The summed E-state index contributed by atoms with van der Waals surface area (Å²) in [4.78, 5) is 20.3. The number of benzene rings is 1. The zero-order chi connectivity index (χ0) is 25.0. The minimum atomic E-state index is -5.08. The average Bonchev–Trinajstić information content (AvgIpc) is 3.16. The fourth-order valence-corrected chi connectivity index (χ4v) is 3.46. The zero-order valence-corrected chi connectivity index (χ0v) is 19.7. The summed E-state index contributed by atoms with van der Waals surface area (Å²) in [5, 5.41) is 7.12. The number of carbonyl (C=O) groups is 1. The minimum absolute atomic E-state index is 0.213. The summed E-state index contributed by atoms with van der Waals surface area (Å²) in [5.74, 6) is -0.882. The molecule has 10 heteroatoms. The number of hydrogen-bond donors (Lipinski definition) is 1. The van der Waals surface area contributed by atoms with Crippen LogP contribution in [0, 0.1) is 13.8 Å². The van der Waals surface area contributed by atoms with Crippen LogP contribution in [0.3, 0.4) is 0 Å². The Bertz CT molecular complexity index is 974. The molecule has 182 valence electrons. The Balaban J connectivity index is 0.000000479. The summed E-state index contributed by atoms with van der Waals surface area (Å²) < 4.78 is 43.3. The van der Waals surface area contributed by atoms with E-state index in [0.29, 0.717) is 0 Å². The van der Waals surface area contributed by atoms with Gasteiger partial charge in [0.25, 0.3) is 0 Å². The topological polar surface area (TPSA) is 84.8 Å². The van der Waals surface area contributed by atoms with Crippen LogP contribution in [-0.2, 0) is 9.53 Å². The monoisotopic (exact) mass is 469 g/mol. The lowest BCUT2D eigenvalue weighted by molar-refractivity contribution is -0.192. The number of alkyl halides is 3. The molecule has 33 heavy (non-hydrogen) atoms. The van der Waals surface area contributed by atoms with Crippen molar-refractivity contribution < 1.29 is 32.5 Å². The number of anilines is 1. The van der Waals surface area contributed by atoms with Crippen LogP contribution in [-0.4, -0.2) is 59.1 Å². The Labute approximate surface area is 191 Å². The van der Waals surface area contributed by atoms with Crippen LogP contribution in [0.25, 0.3) is 11.1 Å². The summed E-state index contributed by atoms with van der Waals surface area (Å²) >= 11 is 0. The van der Waals surface area contributed by atoms with Gasteiger partial charge in [0, 0.05) is 25.8 Å². The Morgan fingerprint density at radius 3 is 2.30 bits per heavy atom. The van der Waals surface area contributed by atoms with E-state index in [1.165, 1.54) is 0 Å². The first-order valence-electron chi connectivity index (χ1n) is 10.4. The molecule has 0 spiro atoms. The van der Waals surface area contributed by atoms with Crippen molar-refractivity contribution in [1.82, 2.24) is 9.97 Å². The summed E-state index contributed by atoms with van der Waals surface area (Å²) in [7, 11) is 1.78. The highest BCUT2D eigenvalue weighted by molar-refractivity contribution is 5.80. The number of aromatic nitrogens is 2. The average molecular weight is 470 g/mol. The second-order valence-electron chi connectivity index (χ2n) is 8.74. The second kappa shape index (κ2) is 10.4. The third-order valence-corrected chi connectivity index (χ3v) is 4.93. The number of aryl methyl sites for hydroxylation is 2. The summed E-state index contributed by atoms with van der Waals surface area (Å²) in [6.07, 6.45) is -2.14. The molecule has 1 aliphatic heterocycles. The SMILES string of the molecule is CO[C@H]1CCN(c2ncnc(C)c2-c2ccc(OC(C)(C)C)cc2C)C1.O=C(O)C(F)(F)F. The molecule has 1 N–H and O–H groups in total. The van der Waals surface area contributed by atoms with Gasteiger partial charge < -0.3 is 19.5 Å². The zero-order valence-electron chi connectivity index (χ0n) is 19.7. The molecule has 0 unspecified atom stereocenters. The van der Waals surface area contributed by atoms with Gasteiger partial charge in [-0.1, -0.05) is 6.07 Å². The van der Waals surface area contributed by atoms with Crippen molar-refractivity contribution in [3.8, 4) is 16.9 Å². The minimum Gasteiger partial charge on any atom is -0.488 e. The van der Waals surface area contributed by atoms with Crippen LogP contribution in [0.1, 0.15) is 38.4 Å². The van der Waals surface area contributed by atoms with Gasteiger partial charge in [-0.15, -0.1) is 0 Å². The van der Waals surface area contributed by atoms with Gasteiger partial charge in [0.15, 0.2) is 0 Å². The molecule has 7 nitrogen and oxygen atoms in total. The molecule has 0 saturated carbocycles. The number of carboxylic acid groups (broad SMARTS) is 1. The van der Waals surface area contributed by atoms with Gasteiger partial charge in [-0.05, 0) is 64.3 Å². The van der Waals surface area contributed by atoms with Crippen molar-refractivity contribution in [3.05, 3.63) is 35.8 Å². The quantitative estimate of drug-likeness (QED) is 0.689. The first-order valence-corrected chi connectivity index (χ1v) is 10.4. The van der Waals surface area contributed by atoms with Crippen LogP contribution < -0.4 is 9.64 Å². The lowest BCUT2D eigenvalue weighted by Gasteiger charge is -2.24. The lowest BCUT2D eigenvalue weighted by Crippen LogP contribution is -2.24. The summed E-state index contributed by atoms with van der Waals surface area (Å²) in [6.45, 7) is 12.2. The predicted octanol–water partition coefficient (Wildman–Crippen LogP) is 4.80. The van der Waals surface area contributed by atoms with Gasteiger partial charge in [-0.25, -0.2) is 14.8 Å². The van der Waals surface area contributed by atoms with Crippen molar-refractivity contribution >= 4 is 11.8 Å². The molecule has 1 saturated heterocycles. The standard InChI is InChI=1S/C21H29N3O2.C2HF3O2/c1-14-11-16(26-21(3,4)5)7-8-18(14)19-15(2)22-13-23-20(19)24-10-9-17(12-24)25-6;3-2(4,5)1(6)7/h7-8,11,13,17H,9-10,12H2,1-6H3;(H,6,7)/t17-;/m0./s1. The number of carboxylic acids is 1. The molecular weight excluding hydrogens is 439 g/mol. The van der Waals surface area contributed by atoms with E-state index < -0.39 is 12.1 Å². The molecule has 0 bridgehead atoms. The van der Waals surface area contributed by atoms with E-state index >= 15 is 0 Å². The smallest absolute Gasteiger partial charge is 0.488 e. The van der Waals surface area contributed by atoms with Crippen molar-refractivity contribution in [2.45, 2.75) is 58.9 Å². The maximum atomic E-state index is 10.6. The first kappa shape index (κ1) is 26.4. The lowest BCUT2D eigenvalue weighted by atomic mass is 9.99. The van der Waals surface area contributed by atoms with E-state index in [9.17, 15) is 13.2 Å². The van der Waals surface area contributed by atoms with Gasteiger partial charge in [0.05, 0.1) is 11.8 Å². The molecule has 0 aliphatic carbocycles. The van der Waals surface area contributed by atoms with Crippen LogP contribution in [0.5, 0.6) is 5.75 Å². The highest BCUT2D eigenvalue weighted by Crippen LogP contribution is 2.36. The Hall–Kier alpha value is -2.88. The normalized spacial score (nSPS) is 16.3. The Morgan fingerprint density at radius 1 is 1.18 bits per heavy atom. The molecule has 1 aromatic carbocycles. The molecule has 2 heterocycles. The van der Waals surface area contributed by atoms with Gasteiger partial charge in [0.1, 0.15) is 23.5 Å². The summed E-state index contributed by atoms with van der Waals surface area (Å²) in [5.41, 5.74) is 4.19. The number of ether oxygens (including phenoxy) is 2. The van der Waals surface area contributed by atoms with Crippen molar-refractivity contribution in [3.63, 3.8) is 0 Å². The van der Waals surface area contributed by atoms with Crippen LogP contribution in [0.15, 0.2) is 24.5 Å². The van der Waals surface area contributed by atoms with Crippen molar-refractivity contribution in [1.29, 1.82) is 0 Å². The number of nitrogens with zero attached hydrogens (tertiary/aromatic N) is 3. The Kier molecular flexibility index (Phi) is 8.29. The van der Waals surface area contributed by atoms with E-state index in [0.717, 1.165) is 53.5 Å². The number of rotatable bonds is 4. The number of halogens is 3. The van der Waals surface area contributed by atoms with Crippen molar-refractivity contribution in [2.24, 2.45) is 0 Å². The highest BCUT2D eigenvalue weighted by Gasteiger charge is 2.38. The second-order valence-corrected chi connectivity index (χ2v) is 8.74. The molecule has 1 atom stereocenters. The predicted molar refractivity (Wildman–Crippen MR) is 119 cm³/mol. The molecular formula is C23H30F3N3O4. The largest absolute Gasteiger partial charge is 0.490 e. The summed E-state index contributed by atoms with van der Waals surface area (Å²) in [6, 6.07) is 6.25. The molecule has 2 aromatic rings. The van der Waals surface area contributed by atoms with E-state index in [2.05, 4.69) is 54.7 Å². The fourth-order valence-electron chi connectivity index (χ4n) is 3.46. The van der Waals surface area contributed by atoms with E-state index in [-0.39, 0.29) is 11.7 Å². The van der Waals surface area contributed by atoms with E-state index in [4.69, 9.17) is 19.4 Å². The molecule has 1 aromatic heterocycles. The number of aliphatic carboxylic acids is 1. The number of hydrogen-bond acceptors (Lipinski definition) is 6. The molecule has 3 rings (SSSR count). The molecule has 1 fully saturated rings. The Morgan fingerprint density at radius 2 is 1.82 bits per heavy atom. The fraction of sp³-hybridized carbons (Fsp3) is 0.522. The first-order chi connectivity index (χ1) is 15.2. The van der Waals surface area contributed by atoms with Crippen LogP contribution in [0.4, 0.5) is 19.0 Å². The molecule has 1 aliphatic rings. The van der Waals surface area contributed by atoms with Gasteiger partial charge in [-0.3, -0.25) is 0 Å². The van der Waals surface area contributed by atoms with Gasteiger partial charge >= 0.3 is 12.1 Å². The highest BCUT2D eigenvalue weighted by atomic mass is 19.4. The third-order valence-electron chi connectivity index (χ3n) is 4.93. The number of methoxy groups -OCH3 is 1. The van der Waals surface area contributed by atoms with Gasteiger partial charge in [-0.2, -0.15) is 13.2 Å². The van der Waals surface area contributed by atoms with E-state index in [1.807, 2.05) is 13.0 Å². The maximum Gasteiger partial charge on any atom is 0.490 e. The molecule has 0 radical (unpaired) electrons. The van der Waals surface area contributed by atoms with Crippen LogP contribution >= 0.6 is 0 Å². The third kappa shape index (κ3) is 7.31. The van der Waals surface area contributed by atoms with E-state index in [1.54, 1.807) is 13.4 Å². The molecule has 0 amide bonds. The van der Waals surface area contributed by atoms with Gasteiger partial charge in [0.2, 0.25) is 0 Å². The maximum absolute atomic E-state index is 10.6. The van der Waals surface area contributed by atoms with Crippen molar-refractivity contribution in [2.75, 3.05) is 25.1 Å².